The van der Waals surface area contributed by atoms with E-state index in [1.165, 1.54) is 0 Å². The van der Waals surface area contributed by atoms with E-state index in [9.17, 15) is 5.11 Å². The van der Waals surface area contributed by atoms with Crippen molar-refractivity contribution in [3.63, 3.8) is 0 Å². The largest absolute Gasteiger partial charge is 0.507 e. The number of pyridine rings is 2. The van der Waals surface area contributed by atoms with Crippen LogP contribution in [0.15, 0.2) is 103 Å². The van der Waals surface area contributed by atoms with Gasteiger partial charge in [-0.15, -0.1) is 0 Å². The third-order valence-corrected chi connectivity index (χ3v) is 6.88. The van der Waals surface area contributed by atoms with Gasteiger partial charge in [0.15, 0.2) is 0 Å². The van der Waals surface area contributed by atoms with Crippen molar-refractivity contribution >= 4 is 28.2 Å². The van der Waals surface area contributed by atoms with Crippen molar-refractivity contribution in [2.24, 2.45) is 7.05 Å². The van der Waals surface area contributed by atoms with Crippen LogP contribution in [0.4, 0.5) is 17.2 Å². The molecule has 0 aliphatic rings. The van der Waals surface area contributed by atoms with E-state index in [0.717, 1.165) is 56.4 Å². The van der Waals surface area contributed by atoms with E-state index in [1.54, 1.807) is 6.07 Å². The fourth-order valence-corrected chi connectivity index (χ4v) is 5.05. The first kappa shape index (κ1) is 23.4. The summed E-state index contributed by atoms with van der Waals surface area (Å²) in [5.41, 5.74) is 8.67. The van der Waals surface area contributed by atoms with E-state index >= 15 is 0 Å². The number of aromatic hydroxyl groups is 1. The molecule has 3 aromatic carbocycles. The zero-order valence-electron chi connectivity index (χ0n) is 21.5. The number of phenols is 1. The number of hydrogen-bond acceptors (Lipinski definition) is 5. The molecule has 0 amide bonds. The number of nitrogens with zero attached hydrogens (tertiary/aromatic N) is 5. The Kier molecular flexibility index (Phi) is 5.85. The third kappa shape index (κ3) is 3.96. The molecule has 1 N–H and O–H groups in total. The number of aryl methyl sites for hydroxylation is 3. The highest BCUT2D eigenvalue weighted by atomic mass is 16.3. The number of benzene rings is 3. The van der Waals surface area contributed by atoms with Crippen molar-refractivity contribution in [3.8, 4) is 28.3 Å². The van der Waals surface area contributed by atoms with E-state index in [-0.39, 0.29) is 5.75 Å². The summed E-state index contributed by atoms with van der Waals surface area (Å²) in [7, 11) is 1.98. The summed E-state index contributed by atoms with van der Waals surface area (Å²) in [5.74, 6) is 1.75. The molecule has 0 fully saturated rings. The van der Waals surface area contributed by atoms with E-state index in [0.29, 0.717) is 5.56 Å². The number of anilines is 3. The second-order valence-corrected chi connectivity index (χ2v) is 9.32. The number of para-hydroxylation sites is 2. The van der Waals surface area contributed by atoms with Gasteiger partial charge in [-0.1, -0.05) is 42.5 Å². The lowest BCUT2D eigenvalue weighted by molar-refractivity contribution is 0.476. The number of hydrogen-bond donors (Lipinski definition) is 1. The second-order valence-electron chi connectivity index (χ2n) is 9.32. The fraction of sp³-hybridized carbons (Fsp3) is 0.0938. The highest BCUT2D eigenvalue weighted by Crippen LogP contribution is 2.40. The summed E-state index contributed by atoms with van der Waals surface area (Å²) in [4.78, 5) is 16.4. The highest BCUT2D eigenvalue weighted by molar-refractivity contribution is 5.95. The molecule has 6 nitrogen and oxygen atoms in total. The zero-order valence-corrected chi connectivity index (χ0v) is 21.5. The highest BCUT2D eigenvalue weighted by Gasteiger charge is 2.20. The van der Waals surface area contributed by atoms with E-state index in [1.807, 2.05) is 79.5 Å². The van der Waals surface area contributed by atoms with Crippen molar-refractivity contribution in [2.45, 2.75) is 13.8 Å². The van der Waals surface area contributed by atoms with Crippen molar-refractivity contribution in [1.82, 2.24) is 19.5 Å². The van der Waals surface area contributed by atoms with Gasteiger partial charge >= 0.3 is 0 Å². The van der Waals surface area contributed by atoms with Crippen molar-refractivity contribution in [1.29, 1.82) is 0 Å². The molecule has 0 atom stereocenters. The molecule has 6 aromatic rings. The summed E-state index contributed by atoms with van der Waals surface area (Å²) in [5, 5.41) is 10.5. The zero-order chi connectivity index (χ0) is 26.2. The minimum absolute atomic E-state index is 0.211. The van der Waals surface area contributed by atoms with Crippen LogP contribution in [-0.4, -0.2) is 24.6 Å². The van der Waals surface area contributed by atoms with Crippen LogP contribution in [0.3, 0.4) is 0 Å². The van der Waals surface area contributed by atoms with Crippen LogP contribution in [0.2, 0.25) is 0 Å². The lowest BCUT2D eigenvalue weighted by Gasteiger charge is -2.27. The monoisotopic (exact) mass is 497 g/mol. The molecule has 38 heavy (non-hydrogen) atoms. The minimum Gasteiger partial charge on any atom is -0.507 e. The number of rotatable bonds is 5. The fourth-order valence-electron chi connectivity index (χ4n) is 5.05. The van der Waals surface area contributed by atoms with Crippen LogP contribution in [0.25, 0.3) is 33.5 Å². The Hall–Kier alpha value is -4.97. The normalized spacial score (nSPS) is 11.1. The molecule has 6 heteroatoms. The Morgan fingerprint density at radius 2 is 1.55 bits per heavy atom. The Morgan fingerprint density at radius 3 is 2.34 bits per heavy atom. The Labute approximate surface area is 221 Å². The van der Waals surface area contributed by atoms with E-state index < -0.39 is 0 Å². The predicted octanol–water partition coefficient (Wildman–Crippen LogP) is 7.49. The number of aromatic nitrogens is 4. The maximum Gasteiger partial charge on any atom is 0.144 e. The number of fused-ring (bicyclic) bond motifs is 1. The topological polar surface area (TPSA) is 67.1 Å². The van der Waals surface area contributed by atoms with Crippen LogP contribution in [0.1, 0.15) is 11.3 Å². The minimum atomic E-state index is 0.211. The van der Waals surface area contributed by atoms with Crippen LogP contribution < -0.4 is 4.90 Å². The average Bonchev–Trinajstić information content (AvgIpc) is 3.28. The first-order chi connectivity index (χ1) is 18.5. The first-order valence-corrected chi connectivity index (χ1v) is 12.5. The van der Waals surface area contributed by atoms with Gasteiger partial charge in [0.05, 0.1) is 28.0 Å². The molecule has 0 bridgehead atoms. The number of phenolic OH excluding ortho intramolecular Hbond substituents is 1. The summed E-state index contributed by atoms with van der Waals surface area (Å²) in [6.45, 7) is 4.12. The molecule has 0 aliphatic heterocycles. The van der Waals surface area contributed by atoms with Gasteiger partial charge in [0.2, 0.25) is 0 Å². The molecular formula is C32H27N5O. The van der Waals surface area contributed by atoms with Crippen LogP contribution in [0, 0.1) is 13.8 Å². The molecule has 0 unspecified atom stereocenters. The van der Waals surface area contributed by atoms with E-state index in [2.05, 4.69) is 58.2 Å². The lowest BCUT2D eigenvalue weighted by Crippen LogP contribution is -2.14. The van der Waals surface area contributed by atoms with Crippen molar-refractivity contribution < 1.29 is 5.11 Å². The Morgan fingerprint density at radius 1 is 0.763 bits per heavy atom. The SMILES string of the molecule is Cc1ccnc(C)c1N(c1cccc(-c2cccc3c2nc(-c2ccccc2O)n3C)c1)c1ccccn1. The maximum absolute atomic E-state index is 10.5. The van der Waals surface area contributed by atoms with Gasteiger partial charge < -0.3 is 9.67 Å². The van der Waals surface area contributed by atoms with Gasteiger partial charge in [-0.25, -0.2) is 9.97 Å². The smallest absolute Gasteiger partial charge is 0.144 e. The standard InChI is InChI=1S/C32H27N5O/c1-21-17-19-33-22(2)31(21)37(29-16-6-7-18-34-29)24-11-8-10-23(20-24)25-13-9-14-27-30(25)35-32(36(27)3)26-12-4-5-15-28(26)38/h4-20,38H,1-3H3. The van der Waals surface area contributed by atoms with Crippen LogP contribution >= 0.6 is 0 Å². The van der Waals surface area contributed by atoms with Gasteiger partial charge in [-0.3, -0.25) is 9.88 Å². The van der Waals surface area contributed by atoms with Gasteiger partial charge in [-0.05, 0) is 73.5 Å². The van der Waals surface area contributed by atoms with Gasteiger partial charge in [-0.2, -0.15) is 0 Å². The second kappa shape index (κ2) is 9.48. The van der Waals surface area contributed by atoms with Crippen molar-refractivity contribution in [3.05, 3.63) is 115 Å². The summed E-state index contributed by atoms with van der Waals surface area (Å²) >= 11 is 0. The lowest BCUT2D eigenvalue weighted by atomic mass is 10.0. The van der Waals surface area contributed by atoms with Crippen LogP contribution in [-0.2, 0) is 7.05 Å². The molecule has 0 saturated heterocycles. The number of imidazole rings is 1. The molecule has 6 rings (SSSR count). The summed E-state index contributed by atoms with van der Waals surface area (Å²) in [6, 6.07) is 29.9. The van der Waals surface area contributed by atoms with Gasteiger partial charge in [0.1, 0.15) is 17.4 Å². The third-order valence-electron chi connectivity index (χ3n) is 6.88. The van der Waals surface area contributed by atoms with Gasteiger partial charge in [0.25, 0.3) is 0 Å². The molecule has 186 valence electrons. The Bertz CT molecular complexity index is 1750. The predicted molar refractivity (Wildman–Crippen MR) is 153 cm³/mol. The molecule has 0 saturated carbocycles. The maximum atomic E-state index is 10.5. The summed E-state index contributed by atoms with van der Waals surface area (Å²) in [6.07, 6.45) is 3.65. The van der Waals surface area contributed by atoms with Gasteiger partial charge in [0, 0.05) is 30.7 Å². The quantitative estimate of drug-likeness (QED) is 0.267. The molecule has 0 radical (unpaired) electrons. The Balaban J connectivity index is 1.53. The van der Waals surface area contributed by atoms with Crippen molar-refractivity contribution in [2.75, 3.05) is 4.90 Å². The summed E-state index contributed by atoms with van der Waals surface area (Å²) < 4.78 is 2.03. The average molecular weight is 498 g/mol. The molecule has 3 aromatic heterocycles. The van der Waals surface area contributed by atoms with E-state index in [4.69, 9.17) is 4.98 Å². The molecule has 0 aliphatic carbocycles. The van der Waals surface area contributed by atoms with Crippen LogP contribution in [0.5, 0.6) is 5.75 Å². The molecule has 0 spiro atoms. The first-order valence-electron chi connectivity index (χ1n) is 12.5. The molecule has 3 heterocycles. The molecular weight excluding hydrogens is 470 g/mol.